The Hall–Kier alpha value is -4.12. The lowest BCUT2D eigenvalue weighted by molar-refractivity contribution is 0.446. The molecule has 2 aromatic carbocycles. The summed E-state index contributed by atoms with van der Waals surface area (Å²) in [5.41, 5.74) is 8.00. The van der Waals surface area contributed by atoms with Crippen molar-refractivity contribution in [3.8, 4) is 17.8 Å². The summed E-state index contributed by atoms with van der Waals surface area (Å²) in [7, 11) is 0. The number of nitrogens with zero attached hydrogens (tertiary/aromatic N) is 4. The van der Waals surface area contributed by atoms with E-state index in [0.29, 0.717) is 17.0 Å². The zero-order chi connectivity index (χ0) is 17.9. The standard InChI is InChI=1S/C18H13N7O/c19-10-11-4-6-12(7-5-11)22-17-23-16(20)24-18(25-17)26-15-3-1-2-14-13(15)8-9-21-14/h1-9,21H,(H3,20,22,23,24,25). The van der Waals surface area contributed by atoms with Gasteiger partial charge in [-0.2, -0.15) is 20.2 Å². The predicted molar refractivity (Wildman–Crippen MR) is 97.1 cm³/mol. The van der Waals surface area contributed by atoms with Gasteiger partial charge >= 0.3 is 6.01 Å². The summed E-state index contributed by atoms with van der Waals surface area (Å²) >= 11 is 0. The SMILES string of the molecule is N#Cc1ccc(Nc2nc(N)nc(Oc3cccc4[nH]ccc34)n2)cc1. The highest BCUT2D eigenvalue weighted by molar-refractivity contribution is 5.85. The van der Waals surface area contributed by atoms with E-state index in [1.54, 1.807) is 24.3 Å². The number of benzene rings is 2. The van der Waals surface area contributed by atoms with Crippen LogP contribution >= 0.6 is 0 Å². The highest BCUT2D eigenvalue weighted by Gasteiger charge is 2.10. The molecule has 0 radical (unpaired) electrons. The summed E-state index contributed by atoms with van der Waals surface area (Å²) in [5.74, 6) is 0.893. The first-order valence-corrected chi connectivity index (χ1v) is 7.74. The van der Waals surface area contributed by atoms with Gasteiger partial charge in [0, 0.05) is 22.8 Å². The molecule has 0 saturated heterocycles. The quantitative estimate of drug-likeness (QED) is 0.519. The van der Waals surface area contributed by atoms with E-state index in [9.17, 15) is 0 Å². The van der Waals surface area contributed by atoms with Crippen molar-refractivity contribution in [2.75, 3.05) is 11.1 Å². The Labute approximate surface area is 148 Å². The minimum atomic E-state index is 0.0346. The fourth-order valence-electron chi connectivity index (χ4n) is 2.47. The number of hydrogen-bond acceptors (Lipinski definition) is 7. The largest absolute Gasteiger partial charge is 0.423 e. The Bertz CT molecular complexity index is 1110. The number of ether oxygens (including phenoxy) is 1. The number of aromatic nitrogens is 4. The molecular formula is C18H13N7O. The topological polar surface area (TPSA) is 126 Å². The third-order valence-corrected chi connectivity index (χ3v) is 3.66. The fraction of sp³-hybridized carbons (Fsp3) is 0. The lowest BCUT2D eigenvalue weighted by Crippen LogP contribution is -2.05. The van der Waals surface area contributed by atoms with Gasteiger partial charge in [0.2, 0.25) is 11.9 Å². The van der Waals surface area contributed by atoms with Crippen LogP contribution in [-0.4, -0.2) is 19.9 Å². The first kappa shape index (κ1) is 15.4. The van der Waals surface area contributed by atoms with Crippen LogP contribution in [0, 0.1) is 11.3 Å². The van der Waals surface area contributed by atoms with Crippen LogP contribution in [0.5, 0.6) is 11.8 Å². The number of aromatic amines is 1. The smallest absolute Gasteiger partial charge is 0.328 e. The summed E-state index contributed by atoms with van der Waals surface area (Å²) in [6, 6.07) is 16.6. The lowest BCUT2D eigenvalue weighted by atomic mass is 10.2. The molecule has 0 atom stereocenters. The van der Waals surface area contributed by atoms with Crippen molar-refractivity contribution in [2.24, 2.45) is 0 Å². The molecule has 26 heavy (non-hydrogen) atoms. The van der Waals surface area contributed by atoms with Crippen molar-refractivity contribution in [1.82, 2.24) is 19.9 Å². The van der Waals surface area contributed by atoms with E-state index < -0.39 is 0 Å². The van der Waals surface area contributed by atoms with Crippen molar-refractivity contribution in [3.05, 3.63) is 60.3 Å². The summed E-state index contributed by atoms with van der Waals surface area (Å²) < 4.78 is 5.80. The van der Waals surface area contributed by atoms with Crippen molar-refractivity contribution < 1.29 is 4.74 Å². The van der Waals surface area contributed by atoms with Crippen molar-refractivity contribution in [3.63, 3.8) is 0 Å². The Balaban J connectivity index is 1.61. The number of rotatable bonds is 4. The van der Waals surface area contributed by atoms with Crippen LogP contribution in [0.2, 0.25) is 0 Å². The highest BCUT2D eigenvalue weighted by Crippen LogP contribution is 2.28. The minimum absolute atomic E-state index is 0.0346. The number of anilines is 3. The molecular weight excluding hydrogens is 330 g/mol. The van der Waals surface area contributed by atoms with Gasteiger partial charge in [-0.3, -0.25) is 0 Å². The molecule has 2 aromatic heterocycles. The Morgan fingerprint density at radius 3 is 2.69 bits per heavy atom. The number of hydrogen-bond donors (Lipinski definition) is 3. The van der Waals surface area contributed by atoms with E-state index in [4.69, 9.17) is 15.7 Å². The molecule has 0 amide bonds. The number of nitrogen functional groups attached to an aromatic ring is 1. The molecule has 8 heteroatoms. The maximum Gasteiger partial charge on any atom is 0.328 e. The average Bonchev–Trinajstić information content (AvgIpc) is 3.12. The summed E-state index contributed by atoms with van der Waals surface area (Å²) in [5, 5.41) is 12.8. The van der Waals surface area contributed by atoms with Crippen LogP contribution in [-0.2, 0) is 0 Å². The second-order valence-electron chi connectivity index (χ2n) is 5.41. The van der Waals surface area contributed by atoms with E-state index >= 15 is 0 Å². The van der Waals surface area contributed by atoms with Gasteiger partial charge < -0.3 is 20.8 Å². The zero-order valence-electron chi connectivity index (χ0n) is 13.5. The summed E-state index contributed by atoms with van der Waals surface area (Å²) in [4.78, 5) is 15.5. The van der Waals surface area contributed by atoms with Gasteiger partial charge in [0.25, 0.3) is 0 Å². The molecule has 0 saturated carbocycles. The van der Waals surface area contributed by atoms with Gasteiger partial charge in [0.15, 0.2) is 0 Å². The maximum absolute atomic E-state index is 8.85. The van der Waals surface area contributed by atoms with Gasteiger partial charge in [-0.15, -0.1) is 0 Å². The second-order valence-corrected chi connectivity index (χ2v) is 5.41. The zero-order valence-corrected chi connectivity index (χ0v) is 13.5. The van der Waals surface area contributed by atoms with Crippen molar-refractivity contribution in [1.29, 1.82) is 5.26 Å². The molecule has 0 aliphatic rings. The van der Waals surface area contributed by atoms with Crippen LogP contribution in [0.4, 0.5) is 17.6 Å². The van der Waals surface area contributed by atoms with Gasteiger partial charge in [0.1, 0.15) is 5.75 Å². The van der Waals surface area contributed by atoms with Crippen LogP contribution in [0.3, 0.4) is 0 Å². The molecule has 8 nitrogen and oxygen atoms in total. The van der Waals surface area contributed by atoms with Gasteiger partial charge in [0.05, 0.1) is 11.6 Å². The van der Waals surface area contributed by atoms with Crippen molar-refractivity contribution >= 4 is 28.5 Å². The molecule has 0 fully saturated rings. The molecule has 0 unspecified atom stereocenters. The predicted octanol–water partition coefficient (Wildman–Crippen LogP) is 3.34. The fourth-order valence-corrected chi connectivity index (χ4v) is 2.47. The first-order chi connectivity index (χ1) is 12.7. The number of nitriles is 1. The Morgan fingerprint density at radius 1 is 1.04 bits per heavy atom. The minimum Gasteiger partial charge on any atom is -0.423 e. The van der Waals surface area contributed by atoms with E-state index in [0.717, 1.165) is 10.9 Å². The normalized spacial score (nSPS) is 10.4. The average molecular weight is 343 g/mol. The number of fused-ring (bicyclic) bond motifs is 1. The van der Waals surface area contributed by atoms with E-state index in [2.05, 4.69) is 31.3 Å². The first-order valence-electron chi connectivity index (χ1n) is 7.74. The van der Waals surface area contributed by atoms with Gasteiger partial charge in [-0.05, 0) is 42.5 Å². The Morgan fingerprint density at radius 2 is 1.88 bits per heavy atom. The lowest BCUT2D eigenvalue weighted by Gasteiger charge is -2.09. The highest BCUT2D eigenvalue weighted by atomic mass is 16.5. The third kappa shape index (κ3) is 3.09. The van der Waals surface area contributed by atoms with E-state index in [-0.39, 0.29) is 17.9 Å². The van der Waals surface area contributed by atoms with E-state index in [1.807, 2.05) is 30.5 Å². The molecule has 4 N–H and O–H groups in total. The van der Waals surface area contributed by atoms with Crippen LogP contribution in [0.15, 0.2) is 54.7 Å². The van der Waals surface area contributed by atoms with E-state index in [1.165, 1.54) is 0 Å². The van der Waals surface area contributed by atoms with Crippen molar-refractivity contribution in [2.45, 2.75) is 0 Å². The monoisotopic (exact) mass is 343 g/mol. The summed E-state index contributed by atoms with van der Waals surface area (Å²) in [6.45, 7) is 0. The molecule has 2 heterocycles. The van der Waals surface area contributed by atoms with Gasteiger partial charge in [-0.1, -0.05) is 6.07 Å². The number of nitrogens with two attached hydrogens (primary N) is 1. The van der Waals surface area contributed by atoms with Crippen LogP contribution in [0.1, 0.15) is 5.56 Å². The maximum atomic E-state index is 8.85. The van der Waals surface area contributed by atoms with Crippen LogP contribution < -0.4 is 15.8 Å². The third-order valence-electron chi connectivity index (χ3n) is 3.66. The molecule has 126 valence electrons. The molecule has 0 aliphatic heterocycles. The molecule has 4 rings (SSSR count). The molecule has 4 aromatic rings. The molecule has 0 aliphatic carbocycles. The van der Waals surface area contributed by atoms with Gasteiger partial charge in [-0.25, -0.2) is 0 Å². The number of H-pyrrole nitrogens is 1. The summed E-state index contributed by atoms with van der Waals surface area (Å²) in [6.07, 6.45) is 1.83. The second kappa shape index (κ2) is 6.41. The van der Waals surface area contributed by atoms with Crippen LogP contribution in [0.25, 0.3) is 10.9 Å². The molecule has 0 bridgehead atoms. The number of nitrogens with one attached hydrogen (secondary N) is 2. The Kier molecular flexibility index (Phi) is 3.80. The molecule has 0 spiro atoms.